The molecule has 2 aromatic rings. The highest BCUT2D eigenvalue weighted by Gasteiger charge is 2.01. The van der Waals surface area contributed by atoms with Crippen molar-refractivity contribution in [3.63, 3.8) is 0 Å². The van der Waals surface area contributed by atoms with Crippen LogP contribution in [0.4, 0.5) is 0 Å². The van der Waals surface area contributed by atoms with Crippen LogP contribution < -0.4 is 4.74 Å². The molecule has 2 rings (SSSR count). The fourth-order valence-electron chi connectivity index (χ4n) is 1.49. The molecule has 0 radical (unpaired) electrons. The van der Waals surface area contributed by atoms with Gasteiger partial charge in [-0.2, -0.15) is 0 Å². The smallest absolute Gasteiger partial charge is 0.122 e. The summed E-state index contributed by atoms with van der Waals surface area (Å²) < 4.78 is 7.04. The Kier molecular flexibility index (Phi) is 3.83. The first-order valence-corrected chi connectivity index (χ1v) is 6.27. The van der Waals surface area contributed by atoms with Crippen LogP contribution in [0.25, 0.3) is 0 Å². The topological polar surface area (TPSA) is 9.23 Å². The number of rotatable bonds is 3. The Morgan fingerprint density at radius 3 is 2.44 bits per heavy atom. The molecule has 0 saturated heterocycles. The number of hydrogen-bond acceptors (Lipinski definition) is 1. The van der Waals surface area contributed by atoms with Gasteiger partial charge in [-0.3, -0.25) is 0 Å². The number of ether oxygens (including phenoxy) is 1. The van der Waals surface area contributed by atoms with E-state index in [0.717, 1.165) is 5.75 Å². The number of para-hydroxylation sites is 1. The van der Waals surface area contributed by atoms with E-state index in [1.165, 1.54) is 14.7 Å². The van der Waals surface area contributed by atoms with Crippen molar-refractivity contribution < 1.29 is 4.74 Å². The molecule has 0 aliphatic heterocycles. The largest absolute Gasteiger partial charge is 0.489 e. The standard InChI is InChI=1S/C14H13IO/c1-11-6-2-5-9-14(11)16-10-12-7-3-4-8-13(12)15/h2-9H,10H2,1H3. The molecule has 16 heavy (non-hydrogen) atoms. The first-order chi connectivity index (χ1) is 7.77. The molecule has 0 saturated carbocycles. The van der Waals surface area contributed by atoms with Gasteiger partial charge in [0.2, 0.25) is 0 Å². The van der Waals surface area contributed by atoms with Gasteiger partial charge in [0.25, 0.3) is 0 Å². The van der Waals surface area contributed by atoms with Crippen molar-refractivity contribution in [1.29, 1.82) is 0 Å². The van der Waals surface area contributed by atoms with Crippen molar-refractivity contribution >= 4 is 22.6 Å². The van der Waals surface area contributed by atoms with Gasteiger partial charge in [0, 0.05) is 9.13 Å². The molecule has 0 aromatic heterocycles. The van der Waals surface area contributed by atoms with Crippen molar-refractivity contribution in [2.45, 2.75) is 13.5 Å². The van der Waals surface area contributed by atoms with E-state index in [9.17, 15) is 0 Å². The maximum Gasteiger partial charge on any atom is 0.122 e. The summed E-state index contributed by atoms with van der Waals surface area (Å²) in [6, 6.07) is 16.4. The van der Waals surface area contributed by atoms with E-state index < -0.39 is 0 Å². The fraction of sp³-hybridized carbons (Fsp3) is 0.143. The van der Waals surface area contributed by atoms with Crippen LogP contribution in [0.3, 0.4) is 0 Å². The van der Waals surface area contributed by atoms with E-state index in [1.54, 1.807) is 0 Å². The average Bonchev–Trinajstić information content (AvgIpc) is 2.30. The van der Waals surface area contributed by atoms with E-state index in [1.807, 2.05) is 30.3 Å². The molecule has 82 valence electrons. The zero-order valence-electron chi connectivity index (χ0n) is 9.11. The molecular weight excluding hydrogens is 311 g/mol. The SMILES string of the molecule is Cc1ccccc1OCc1ccccc1I. The summed E-state index contributed by atoms with van der Waals surface area (Å²) in [7, 11) is 0. The minimum absolute atomic E-state index is 0.629. The third kappa shape index (κ3) is 2.76. The minimum Gasteiger partial charge on any atom is -0.489 e. The van der Waals surface area contributed by atoms with Crippen molar-refractivity contribution in [3.05, 3.63) is 63.2 Å². The van der Waals surface area contributed by atoms with Crippen LogP contribution in [-0.2, 0) is 6.61 Å². The Bertz CT molecular complexity index is 434. The Morgan fingerprint density at radius 2 is 1.69 bits per heavy atom. The summed E-state index contributed by atoms with van der Waals surface area (Å²) in [6.45, 7) is 2.69. The molecule has 0 aliphatic carbocycles. The Labute approximate surface area is 110 Å². The molecule has 0 N–H and O–H groups in total. The average molecular weight is 324 g/mol. The quantitative estimate of drug-likeness (QED) is 0.770. The lowest BCUT2D eigenvalue weighted by atomic mass is 10.2. The van der Waals surface area contributed by atoms with Gasteiger partial charge in [0.1, 0.15) is 12.4 Å². The fourth-order valence-corrected chi connectivity index (χ4v) is 2.03. The summed E-state index contributed by atoms with van der Waals surface area (Å²) in [5.74, 6) is 0.960. The third-order valence-corrected chi connectivity index (χ3v) is 3.49. The van der Waals surface area contributed by atoms with Gasteiger partial charge in [-0.15, -0.1) is 0 Å². The highest BCUT2D eigenvalue weighted by Crippen LogP contribution is 2.19. The Morgan fingerprint density at radius 1 is 1.00 bits per heavy atom. The van der Waals surface area contributed by atoms with Gasteiger partial charge in [0.05, 0.1) is 0 Å². The first-order valence-electron chi connectivity index (χ1n) is 5.19. The second-order valence-electron chi connectivity index (χ2n) is 3.65. The van der Waals surface area contributed by atoms with Crippen LogP contribution in [0.5, 0.6) is 5.75 Å². The summed E-state index contributed by atoms with van der Waals surface area (Å²) in [4.78, 5) is 0. The summed E-state index contributed by atoms with van der Waals surface area (Å²) in [5.41, 5.74) is 2.40. The number of hydrogen-bond donors (Lipinski definition) is 0. The Hall–Kier alpha value is -1.03. The van der Waals surface area contributed by atoms with E-state index >= 15 is 0 Å². The molecular formula is C14H13IO. The summed E-state index contributed by atoms with van der Waals surface area (Å²) >= 11 is 2.33. The van der Waals surface area contributed by atoms with Crippen molar-refractivity contribution in [1.82, 2.24) is 0 Å². The normalized spacial score (nSPS) is 10.1. The van der Waals surface area contributed by atoms with E-state index in [-0.39, 0.29) is 0 Å². The van der Waals surface area contributed by atoms with E-state index in [4.69, 9.17) is 4.74 Å². The van der Waals surface area contributed by atoms with Gasteiger partial charge in [0.15, 0.2) is 0 Å². The van der Waals surface area contributed by atoms with Crippen LogP contribution in [-0.4, -0.2) is 0 Å². The van der Waals surface area contributed by atoms with E-state index in [2.05, 4.69) is 47.7 Å². The molecule has 1 nitrogen and oxygen atoms in total. The van der Waals surface area contributed by atoms with Gasteiger partial charge in [-0.05, 0) is 47.2 Å². The van der Waals surface area contributed by atoms with Crippen LogP contribution >= 0.6 is 22.6 Å². The van der Waals surface area contributed by atoms with Crippen molar-refractivity contribution in [2.75, 3.05) is 0 Å². The van der Waals surface area contributed by atoms with Gasteiger partial charge in [-0.25, -0.2) is 0 Å². The number of benzene rings is 2. The number of halogens is 1. The zero-order valence-corrected chi connectivity index (χ0v) is 11.3. The predicted octanol–water partition coefficient (Wildman–Crippen LogP) is 4.18. The monoisotopic (exact) mass is 324 g/mol. The second-order valence-corrected chi connectivity index (χ2v) is 4.81. The third-order valence-electron chi connectivity index (χ3n) is 2.43. The molecule has 0 heterocycles. The van der Waals surface area contributed by atoms with Gasteiger partial charge < -0.3 is 4.74 Å². The molecule has 2 heteroatoms. The van der Waals surface area contributed by atoms with Crippen molar-refractivity contribution in [2.24, 2.45) is 0 Å². The molecule has 2 aromatic carbocycles. The molecule has 0 amide bonds. The lowest BCUT2D eigenvalue weighted by molar-refractivity contribution is 0.303. The van der Waals surface area contributed by atoms with Gasteiger partial charge in [-0.1, -0.05) is 36.4 Å². The zero-order chi connectivity index (χ0) is 11.4. The number of aryl methyl sites for hydroxylation is 1. The summed E-state index contributed by atoms with van der Waals surface area (Å²) in [6.07, 6.45) is 0. The maximum atomic E-state index is 5.80. The maximum absolute atomic E-state index is 5.80. The predicted molar refractivity (Wildman–Crippen MR) is 74.7 cm³/mol. The van der Waals surface area contributed by atoms with E-state index in [0.29, 0.717) is 6.61 Å². The molecule has 0 aliphatic rings. The Balaban J connectivity index is 2.09. The van der Waals surface area contributed by atoms with Crippen molar-refractivity contribution in [3.8, 4) is 5.75 Å². The van der Waals surface area contributed by atoms with Crippen LogP contribution in [0, 0.1) is 10.5 Å². The van der Waals surface area contributed by atoms with Crippen LogP contribution in [0.2, 0.25) is 0 Å². The van der Waals surface area contributed by atoms with Crippen LogP contribution in [0.15, 0.2) is 48.5 Å². The molecule has 0 bridgehead atoms. The lowest BCUT2D eigenvalue weighted by Crippen LogP contribution is -1.98. The first kappa shape index (κ1) is 11.5. The molecule has 0 atom stereocenters. The molecule has 0 spiro atoms. The minimum atomic E-state index is 0.629. The highest BCUT2D eigenvalue weighted by molar-refractivity contribution is 14.1. The summed E-state index contributed by atoms with van der Waals surface area (Å²) in [5, 5.41) is 0. The second kappa shape index (κ2) is 5.34. The molecule has 0 unspecified atom stereocenters. The molecule has 0 fully saturated rings. The lowest BCUT2D eigenvalue weighted by Gasteiger charge is -2.09. The van der Waals surface area contributed by atoms with Gasteiger partial charge >= 0.3 is 0 Å². The highest BCUT2D eigenvalue weighted by atomic mass is 127. The van der Waals surface area contributed by atoms with Crippen LogP contribution in [0.1, 0.15) is 11.1 Å².